The average Bonchev–Trinajstić information content (AvgIpc) is 2.63. The Balaban J connectivity index is 1.66. The van der Waals surface area contributed by atoms with Gasteiger partial charge in [0, 0.05) is 8.95 Å². The zero-order chi connectivity index (χ0) is 16.5. The number of hydrogen-bond donors (Lipinski definition) is 0. The Morgan fingerprint density at radius 1 is 0.500 bits per heavy atom. The Morgan fingerprint density at radius 2 is 0.917 bits per heavy atom. The van der Waals surface area contributed by atoms with Crippen LogP contribution in [0, 0.1) is 0 Å². The molecule has 0 heterocycles. The molecule has 0 saturated carbocycles. The van der Waals surface area contributed by atoms with Crippen LogP contribution in [-0.4, -0.2) is 0 Å². The lowest BCUT2D eigenvalue weighted by atomic mass is 9.99. The Kier molecular flexibility index (Phi) is 4.43. The summed E-state index contributed by atoms with van der Waals surface area (Å²) < 4.78 is 2.44. The highest BCUT2D eigenvalue weighted by Gasteiger charge is 2.08. The fourth-order valence-electron chi connectivity index (χ4n) is 3.21. The molecule has 0 amide bonds. The van der Waals surface area contributed by atoms with Crippen molar-refractivity contribution in [2.45, 2.75) is 12.8 Å². The van der Waals surface area contributed by atoms with E-state index in [1.165, 1.54) is 41.6 Å². The van der Waals surface area contributed by atoms with Gasteiger partial charge in [-0.25, -0.2) is 0 Å². The normalized spacial score (nSPS) is 11.2. The molecule has 0 unspecified atom stereocenters. The Labute approximate surface area is 158 Å². The molecule has 0 N–H and O–H groups in total. The van der Waals surface area contributed by atoms with E-state index >= 15 is 0 Å². The highest BCUT2D eigenvalue weighted by Crippen LogP contribution is 2.31. The number of halogens is 2. The van der Waals surface area contributed by atoms with E-state index in [0.29, 0.717) is 0 Å². The molecule has 0 bridgehead atoms. The summed E-state index contributed by atoms with van der Waals surface area (Å²) in [6.07, 6.45) is 2.03. The summed E-state index contributed by atoms with van der Waals surface area (Å²) in [5.41, 5.74) is 2.71. The van der Waals surface area contributed by atoms with Crippen LogP contribution in [0.2, 0.25) is 0 Å². The minimum absolute atomic E-state index is 1.02. The molecule has 4 aromatic carbocycles. The number of fused-ring (bicyclic) bond motifs is 2. The van der Waals surface area contributed by atoms with Gasteiger partial charge in [0.05, 0.1) is 0 Å². The van der Waals surface area contributed by atoms with Crippen LogP contribution in [0.25, 0.3) is 21.5 Å². The van der Waals surface area contributed by atoms with E-state index < -0.39 is 0 Å². The van der Waals surface area contributed by atoms with E-state index in [2.05, 4.69) is 105 Å². The number of hydrogen-bond acceptors (Lipinski definition) is 0. The van der Waals surface area contributed by atoms with Crippen molar-refractivity contribution in [2.24, 2.45) is 0 Å². The summed E-state index contributed by atoms with van der Waals surface area (Å²) in [6.45, 7) is 0. The van der Waals surface area contributed by atoms with Crippen LogP contribution < -0.4 is 0 Å². The van der Waals surface area contributed by atoms with Crippen molar-refractivity contribution in [1.29, 1.82) is 0 Å². The van der Waals surface area contributed by atoms with Crippen LogP contribution in [0.15, 0.2) is 81.7 Å². The SMILES string of the molecule is Brc1c(CCc2ccc3ccccc3c2Br)ccc2ccccc12. The maximum absolute atomic E-state index is 3.80. The van der Waals surface area contributed by atoms with E-state index in [1.807, 2.05) is 0 Å². The second-order valence-corrected chi connectivity index (χ2v) is 7.61. The second kappa shape index (κ2) is 6.70. The predicted molar refractivity (Wildman–Crippen MR) is 111 cm³/mol. The summed E-state index contributed by atoms with van der Waals surface area (Å²) in [7, 11) is 0. The van der Waals surface area contributed by atoms with Gasteiger partial charge in [0.1, 0.15) is 0 Å². The molecular formula is C22H16Br2. The standard InChI is InChI=1S/C22H16Br2/c23-21-17(11-9-15-5-1-3-7-19(15)21)13-14-18-12-10-16-6-2-4-8-20(16)22(18)24/h1-12H,13-14H2. The van der Waals surface area contributed by atoms with Crippen molar-refractivity contribution in [3.8, 4) is 0 Å². The van der Waals surface area contributed by atoms with Crippen molar-refractivity contribution in [3.63, 3.8) is 0 Å². The first-order chi connectivity index (χ1) is 11.7. The minimum atomic E-state index is 1.02. The highest BCUT2D eigenvalue weighted by molar-refractivity contribution is 9.11. The van der Waals surface area contributed by atoms with Crippen molar-refractivity contribution in [1.82, 2.24) is 0 Å². The molecule has 0 saturated heterocycles. The van der Waals surface area contributed by atoms with Crippen molar-refractivity contribution in [3.05, 3.63) is 92.9 Å². The van der Waals surface area contributed by atoms with Gasteiger partial charge in [-0.2, -0.15) is 0 Å². The summed E-state index contributed by atoms with van der Waals surface area (Å²) in [4.78, 5) is 0. The molecule has 2 heteroatoms. The first-order valence-corrected chi connectivity index (χ1v) is 9.65. The topological polar surface area (TPSA) is 0 Å². The monoisotopic (exact) mass is 438 g/mol. The molecule has 0 aliphatic heterocycles. The third kappa shape index (κ3) is 2.89. The summed E-state index contributed by atoms with van der Waals surface area (Å²) in [6, 6.07) is 25.9. The van der Waals surface area contributed by atoms with E-state index in [-0.39, 0.29) is 0 Å². The number of benzene rings is 4. The van der Waals surface area contributed by atoms with E-state index in [4.69, 9.17) is 0 Å². The molecule has 4 rings (SSSR count). The highest BCUT2D eigenvalue weighted by atomic mass is 79.9. The average molecular weight is 440 g/mol. The Morgan fingerprint density at radius 3 is 1.38 bits per heavy atom. The van der Waals surface area contributed by atoms with Crippen molar-refractivity contribution < 1.29 is 0 Å². The Hall–Kier alpha value is -1.64. The van der Waals surface area contributed by atoms with Crippen LogP contribution in [0.1, 0.15) is 11.1 Å². The predicted octanol–water partition coefficient (Wildman–Crippen LogP) is 7.30. The molecule has 0 fully saturated rings. The lowest BCUT2D eigenvalue weighted by molar-refractivity contribution is 0.954. The Bertz CT molecular complexity index is 949. The molecule has 0 radical (unpaired) electrons. The molecule has 0 aliphatic rings. The van der Waals surface area contributed by atoms with Crippen LogP contribution in [0.3, 0.4) is 0 Å². The van der Waals surface area contributed by atoms with Gasteiger partial charge >= 0.3 is 0 Å². The molecule has 0 aliphatic carbocycles. The first kappa shape index (κ1) is 15.9. The molecule has 0 aromatic heterocycles. The molecule has 118 valence electrons. The number of aryl methyl sites for hydroxylation is 2. The molecule has 4 aromatic rings. The minimum Gasteiger partial charge on any atom is -0.0616 e. The molecule has 0 nitrogen and oxygen atoms in total. The van der Waals surface area contributed by atoms with Gasteiger partial charge < -0.3 is 0 Å². The largest absolute Gasteiger partial charge is 0.0616 e. The number of rotatable bonds is 3. The lowest BCUT2D eigenvalue weighted by Crippen LogP contribution is -1.95. The quantitative estimate of drug-likeness (QED) is 0.314. The van der Waals surface area contributed by atoms with Crippen LogP contribution in [0.4, 0.5) is 0 Å². The lowest BCUT2D eigenvalue weighted by Gasteiger charge is -2.11. The van der Waals surface area contributed by atoms with Gasteiger partial charge in [-0.1, -0.05) is 72.8 Å². The summed E-state index contributed by atoms with van der Waals surface area (Å²) in [5.74, 6) is 0. The zero-order valence-corrected chi connectivity index (χ0v) is 16.3. The third-order valence-corrected chi connectivity index (χ3v) is 6.42. The maximum atomic E-state index is 3.80. The van der Waals surface area contributed by atoms with Gasteiger partial charge in [-0.15, -0.1) is 0 Å². The van der Waals surface area contributed by atoms with Gasteiger partial charge in [0.25, 0.3) is 0 Å². The van der Waals surface area contributed by atoms with Gasteiger partial charge in [0.15, 0.2) is 0 Å². The van der Waals surface area contributed by atoms with Crippen LogP contribution in [0.5, 0.6) is 0 Å². The van der Waals surface area contributed by atoms with Gasteiger partial charge in [-0.3, -0.25) is 0 Å². The smallest absolute Gasteiger partial charge is 0.0285 e. The van der Waals surface area contributed by atoms with Crippen LogP contribution >= 0.6 is 31.9 Å². The first-order valence-electron chi connectivity index (χ1n) is 8.06. The third-order valence-electron chi connectivity index (χ3n) is 4.55. The molecular weight excluding hydrogens is 424 g/mol. The van der Waals surface area contributed by atoms with E-state index in [9.17, 15) is 0 Å². The fraction of sp³-hybridized carbons (Fsp3) is 0.0909. The van der Waals surface area contributed by atoms with Crippen LogP contribution in [-0.2, 0) is 12.8 Å². The van der Waals surface area contributed by atoms with Gasteiger partial charge in [-0.05, 0) is 77.4 Å². The van der Waals surface area contributed by atoms with Gasteiger partial charge in [0.2, 0.25) is 0 Å². The van der Waals surface area contributed by atoms with Crippen molar-refractivity contribution in [2.75, 3.05) is 0 Å². The zero-order valence-electron chi connectivity index (χ0n) is 13.1. The summed E-state index contributed by atoms with van der Waals surface area (Å²) >= 11 is 7.60. The fourth-order valence-corrected chi connectivity index (χ4v) is 4.60. The maximum Gasteiger partial charge on any atom is 0.0285 e. The van der Waals surface area contributed by atoms with E-state index in [1.54, 1.807) is 0 Å². The van der Waals surface area contributed by atoms with Crippen molar-refractivity contribution >= 4 is 53.4 Å². The second-order valence-electron chi connectivity index (χ2n) is 6.02. The molecule has 0 atom stereocenters. The molecule has 0 spiro atoms. The molecule has 24 heavy (non-hydrogen) atoms. The summed E-state index contributed by atoms with van der Waals surface area (Å²) in [5, 5.41) is 5.13. The van der Waals surface area contributed by atoms with E-state index in [0.717, 1.165) is 12.8 Å².